The maximum absolute atomic E-state index is 5.48. The van der Waals surface area contributed by atoms with Crippen molar-refractivity contribution in [2.45, 2.75) is 32.7 Å². The third-order valence-corrected chi connectivity index (χ3v) is 2.03. The van der Waals surface area contributed by atoms with Crippen LogP contribution in [0, 0.1) is 0 Å². The molecule has 4 heteroatoms. The Balaban J connectivity index is 0.000000980. The molecule has 14 heavy (non-hydrogen) atoms. The van der Waals surface area contributed by atoms with Gasteiger partial charge in [-0.15, -0.1) is 0 Å². The highest BCUT2D eigenvalue weighted by atomic mass is 16.6. The van der Waals surface area contributed by atoms with Crippen molar-refractivity contribution in [3.8, 4) is 0 Å². The largest absolute Gasteiger partial charge is 0.376 e. The Bertz CT molecular complexity index is 154. The van der Waals surface area contributed by atoms with E-state index < -0.39 is 0 Å². The highest BCUT2D eigenvalue weighted by Crippen LogP contribution is 2.11. The maximum atomic E-state index is 5.48. The second-order valence-corrected chi connectivity index (χ2v) is 3.59. The lowest BCUT2D eigenvalue weighted by atomic mass is 10.4. The molecule has 2 aliphatic rings. The molecule has 0 spiro atoms. The van der Waals surface area contributed by atoms with Gasteiger partial charge in [0.05, 0.1) is 39.1 Å². The summed E-state index contributed by atoms with van der Waals surface area (Å²) in [5.74, 6) is 0. The fourth-order valence-corrected chi connectivity index (χ4v) is 1.01. The van der Waals surface area contributed by atoms with Crippen molar-refractivity contribution in [1.82, 2.24) is 0 Å². The van der Waals surface area contributed by atoms with Crippen LogP contribution in [0.15, 0.2) is 0 Å². The highest BCUT2D eigenvalue weighted by molar-refractivity contribution is 4.69. The van der Waals surface area contributed by atoms with E-state index in [0.29, 0.717) is 32.0 Å². The third kappa shape index (κ3) is 4.91. The maximum Gasteiger partial charge on any atom is 0.104 e. The molecule has 0 aromatic rings. The number of ether oxygens (including phenoxy) is 4. The fourth-order valence-electron chi connectivity index (χ4n) is 1.01. The first kappa shape index (κ1) is 11.9. The Labute approximate surface area is 85.5 Å². The minimum absolute atomic E-state index is 0. The quantitative estimate of drug-likeness (QED) is 0.576. The van der Waals surface area contributed by atoms with Gasteiger partial charge in [0.1, 0.15) is 12.2 Å². The van der Waals surface area contributed by atoms with Crippen LogP contribution in [0.25, 0.3) is 0 Å². The van der Waals surface area contributed by atoms with Crippen molar-refractivity contribution in [2.75, 3.05) is 33.0 Å². The van der Waals surface area contributed by atoms with Crippen LogP contribution in [0.4, 0.5) is 0 Å². The zero-order valence-corrected chi connectivity index (χ0v) is 7.90. The van der Waals surface area contributed by atoms with E-state index in [-0.39, 0.29) is 13.5 Å². The lowest BCUT2D eigenvalue weighted by molar-refractivity contribution is -0.0146. The van der Waals surface area contributed by atoms with Crippen molar-refractivity contribution < 1.29 is 18.9 Å². The van der Waals surface area contributed by atoms with Gasteiger partial charge in [0.25, 0.3) is 0 Å². The number of hydrogen-bond acceptors (Lipinski definition) is 4. The van der Waals surface area contributed by atoms with Gasteiger partial charge in [-0.05, 0) is 6.92 Å². The summed E-state index contributed by atoms with van der Waals surface area (Å²) in [6, 6.07) is 0. The van der Waals surface area contributed by atoms with Crippen LogP contribution >= 0.6 is 0 Å². The molecule has 2 fully saturated rings. The Morgan fingerprint density at radius 2 is 1.79 bits per heavy atom. The SMILES string of the molecule is C.CC(COCC1CO1)OCC1CO1. The van der Waals surface area contributed by atoms with Gasteiger partial charge in [0, 0.05) is 0 Å². The third-order valence-electron chi connectivity index (χ3n) is 2.03. The van der Waals surface area contributed by atoms with Crippen molar-refractivity contribution in [1.29, 1.82) is 0 Å². The Hall–Kier alpha value is -0.160. The molecule has 0 bridgehead atoms. The molecule has 0 N–H and O–H groups in total. The summed E-state index contributed by atoms with van der Waals surface area (Å²) in [5, 5.41) is 0. The van der Waals surface area contributed by atoms with E-state index in [9.17, 15) is 0 Å². The van der Waals surface area contributed by atoms with Gasteiger partial charge in [0.15, 0.2) is 0 Å². The normalized spacial score (nSPS) is 30.6. The fraction of sp³-hybridized carbons (Fsp3) is 1.00. The van der Waals surface area contributed by atoms with E-state index in [1.54, 1.807) is 0 Å². The molecule has 2 rings (SSSR count). The predicted molar refractivity (Wildman–Crippen MR) is 52.4 cm³/mol. The molecular formula is C10H20O4. The van der Waals surface area contributed by atoms with Crippen LogP contribution in [-0.4, -0.2) is 51.3 Å². The average Bonchev–Trinajstić information content (AvgIpc) is 2.97. The van der Waals surface area contributed by atoms with Gasteiger partial charge in [0.2, 0.25) is 0 Å². The van der Waals surface area contributed by atoms with Crippen molar-refractivity contribution >= 4 is 0 Å². The summed E-state index contributed by atoms with van der Waals surface area (Å²) in [4.78, 5) is 0. The Morgan fingerprint density at radius 3 is 2.36 bits per heavy atom. The summed E-state index contributed by atoms with van der Waals surface area (Å²) in [6.07, 6.45) is 0.844. The Morgan fingerprint density at radius 1 is 1.21 bits per heavy atom. The second-order valence-electron chi connectivity index (χ2n) is 3.59. The smallest absolute Gasteiger partial charge is 0.104 e. The standard InChI is InChI=1S/C9H16O4.CH4/c1-7(11-4-9-6-13-9)2-10-3-8-5-12-8;/h7-9H,2-6H2,1H3;1H4. The first-order valence-corrected chi connectivity index (χ1v) is 4.77. The zero-order chi connectivity index (χ0) is 9.10. The van der Waals surface area contributed by atoms with Crippen LogP contribution in [-0.2, 0) is 18.9 Å². The molecule has 0 amide bonds. The predicted octanol–water partition coefficient (Wildman–Crippen LogP) is 0.842. The molecule has 0 aromatic carbocycles. The summed E-state index contributed by atoms with van der Waals surface area (Å²) in [6.45, 7) is 5.76. The van der Waals surface area contributed by atoms with E-state index in [1.165, 1.54) is 0 Å². The first-order valence-electron chi connectivity index (χ1n) is 4.77. The van der Waals surface area contributed by atoms with Gasteiger partial charge in [-0.1, -0.05) is 7.43 Å². The van der Waals surface area contributed by atoms with Crippen molar-refractivity contribution in [2.24, 2.45) is 0 Å². The lowest BCUT2D eigenvalue weighted by Crippen LogP contribution is -2.19. The molecule has 84 valence electrons. The molecule has 0 radical (unpaired) electrons. The molecule has 2 aliphatic heterocycles. The van der Waals surface area contributed by atoms with Gasteiger partial charge >= 0.3 is 0 Å². The van der Waals surface area contributed by atoms with Crippen molar-refractivity contribution in [3.05, 3.63) is 0 Å². The summed E-state index contributed by atoms with van der Waals surface area (Å²) in [5.41, 5.74) is 0. The van der Waals surface area contributed by atoms with E-state index >= 15 is 0 Å². The molecule has 3 unspecified atom stereocenters. The molecule has 3 atom stereocenters. The van der Waals surface area contributed by atoms with E-state index in [1.807, 2.05) is 6.92 Å². The Kier molecular flexibility index (Phi) is 4.81. The van der Waals surface area contributed by atoms with Gasteiger partial charge in [-0.2, -0.15) is 0 Å². The van der Waals surface area contributed by atoms with Crippen molar-refractivity contribution in [3.63, 3.8) is 0 Å². The van der Waals surface area contributed by atoms with Crippen LogP contribution < -0.4 is 0 Å². The second kappa shape index (κ2) is 5.66. The lowest BCUT2D eigenvalue weighted by Gasteiger charge is -2.11. The van der Waals surface area contributed by atoms with Crippen LogP contribution in [0.5, 0.6) is 0 Å². The van der Waals surface area contributed by atoms with Crippen LogP contribution in [0.1, 0.15) is 14.4 Å². The summed E-state index contributed by atoms with van der Waals surface area (Å²) >= 11 is 0. The minimum atomic E-state index is 0. The average molecular weight is 204 g/mol. The monoisotopic (exact) mass is 204 g/mol. The van der Waals surface area contributed by atoms with E-state index in [4.69, 9.17) is 18.9 Å². The van der Waals surface area contributed by atoms with Gasteiger partial charge in [-0.3, -0.25) is 0 Å². The first-order chi connectivity index (χ1) is 6.34. The topological polar surface area (TPSA) is 43.5 Å². The van der Waals surface area contributed by atoms with Crippen LogP contribution in [0.2, 0.25) is 0 Å². The number of epoxide rings is 2. The van der Waals surface area contributed by atoms with Gasteiger partial charge in [-0.25, -0.2) is 0 Å². The zero-order valence-electron chi connectivity index (χ0n) is 7.90. The van der Waals surface area contributed by atoms with E-state index in [0.717, 1.165) is 13.2 Å². The number of hydrogen-bond donors (Lipinski definition) is 0. The molecule has 0 saturated carbocycles. The molecule has 4 nitrogen and oxygen atoms in total. The summed E-state index contributed by atoms with van der Waals surface area (Å²) in [7, 11) is 0. The summed E-state index contributed by atoms with van der Waals surface area (Å²) < 4.78 is 20.9. The molecule has 0 aromatic heterocycles. The number of rotatable bonds is 7. The minimum Gasteiger partial charge on any atom is -0.376 e. The molecule has 2 saturated heterocycles. The highest BCUT2D eigenvalue weighted by Gasteiger charge is 2.24. The molecular weight excluding hydrogens is 184 g/mol. The van der Waals surface area contributed by atoms with E-state index in [2.05, 4.69) is 0 Å². The van der Waals surface area contributed by atoms with Gasteiger partial charge < -0.3 is 18.9 Å². The molecule has 2 heterocycles. The molecule has 0 aliphatic carbocycles. The van der Waals surface area contributed by atoms with Crippen LogP contribution in [0.3, 0.4) is 0 Å².